The van der Waals surface area contributed by atoms with Crippen molar-refractivity contribution in [1.82, 2.24) is 0 Å². The first kappa shape index (κ1) is 17.7. The maximum atomic E-state index is 6.08. The minimum atomic E-state index is -2.77. The summed E-state index contributed by atoms with van der Waals surface area (Å²) in [5, 5.41) is 7.10. The van der Waals surface area contributed by atoms with Gasteiger partial charge in [0.2, 0.25) is 0 Å². The van der Waals surface area contributed by atoms with Crippen molar-refractivity contribution in [2.45, 2.75) is 0 Å². The normalized spacial score (nSPS) is 11.8. The van der Waals surface area contributed by atoms with Gasteiger partial charge in [-0.15, -0.1) is 0 Å². The third-order valence-electron chi connectivity index (χ3n) is 5.23. The molecule has 0 amide bonds. The van der Waals surface area contributed by atoms with Gasteiger partial charge in [-0.2, -0.15) is 0 Å². The van der Waals surface area contributed by atoms with Gasteiger partial charge in [0.15, 0.2) is 0 Å². The van der Waals surface area contributed by atoms with E-state index in [4.69, 9.17) is 8.85 Å². The summed E-state index contributed by atoms with van der Waals surface area (Å²) in [6, 6.07) is 27.6. The van der Waals surface area contributed by atoms with E-state index in [1.54, 1.807) is 14.2 Å². The Morgan fingerprint density at radius 2 is 1.30 bits per heavy atom. The van der Waals surface area contributed by atoms with Crippen LogP contribution in [0, 0.1) is 0 Å². The summed E-state index contributed by atoms with van der Waals surface area (Å²) in [7, 11) is 0.711. The van der Waals surface area contributed by atoms with Crippen molar-refractivity contribution in [3.63, 3.8) is 0 Å². The van der Waals surface area contributed by atoms with E-state index in [0.717, 1.165) is 15.9 Å². The Hall–Kier alpha value is -2.72. The fourth-order valence-corrected chi connectivity index (χ4v) is 6.45. The van der Waals surface area contributed by atoms with Crippen molar-refractivity contribution in [3.05, 3.63) is 91.0 Å². The molecule has 134 valence electrons. The summed E-state index contributed by atoms with van der Waals surface area (Å²) >= 11 is 0. The van der Waals surface area contributed by atoms with E-state index >= 15 is 0 Å². The zero-order chi connectivity index (χ0) is 18.9. The molecular formula is C24H22O2Si. The standard InChI is InChI=1S/C24H22O2Si/c1-4-18-9-14-21(15-10-18)27(25-2,26-3)22-16-13-20-12-11-19-7-5-6-8-23(19)24(20)17-22/h4-17H,1H2,2-3H3. The molecule has 0 unspecified atom stereocenters. The average molecular weight is 371 g/mol. The highest BCUT2D eigenvalue weighted by Gasteiger charge is 2.40. The summed E-state index contributed by atoms with van der Waals surface area (Å²) in [5.41, 5.74) is 1.08. The van der Waals surface area contributed by atoms with Crippen LogP contribution in [0.5, 0.6) is 0 Å². The van der Waals surface area contributed by atoms with E-state index in [0.29, 0.717) is 0 Å². The van der Waals surface area contributed by atoms with Crippen molar-refractivity contribution in [3.8, 4) is 0 Å². The van der Waals surface area contributed by atoms with Crippen LogP contribution in [0.2, 0.25) is 0 Å². The Morgan fingerprint density at radius 3 is 1.96 bits per heavy atom. The van der Waals surface area contributed by atoms with E-state index in [1.807, 2.05) is 6.08 Å². The van der Waals surface area contributed by atoms with Gasteiger partial charge in [-0.1, -0.05) is 85.5 Å². The molecule has 27 heavy (non-hydrogen) atoms. The van der Waals surface area contributed by atoms with E-state index < -0.39 is 8.56 Å². The Kier molecular flexibility index (Phi) is 4.66. The zero-order valence-corrected chi connectivity index (χ0v) is 16.6. The monoisotopic (exact) mass is 370 g/mol. The second-order valence-electron chi connectivity index (χ2n) is 6.57. The average Bonchev–Trinajstić information content (AvgIpc) is 2.75. The van der Waals surface area contributed by atoms with E-state index in [1.165, 1.54) is 21.5 Å². The lowest BCUT2D eigenvalue weighted by Crippen LogP contribution is -2.62. The molecule has 2 nitrogen and oxygen atoms in total. The van der Waals surface area contributed by atoms with Gasteiger partial charge >= 0.3 is 8.56 Å². The molecule has 0 heterocycles. The lowest BCUT2D eigenvalue weighted by atomic mass is 10.0. The number of hydrogen-bond donors (Lipinski definition) is 0. The molecule has 4 aromatic carbocycles. The third kappa shape index (κ3) is 2.90. The quantitative estimate of drug-likeness (QED) is 0.381. The lowest BCUT2D eigenvalue weighted by Gasteiger charge is -2.28. The number of fused-ring (bicyclic) bond motifs is 3. The molecule has 4 aromatic rings. The maximum Gasteiger partial charge on any atom is 0.406 e. The zero-order valence-electron chi connectivity index (χ0n) is 15.6. The topological polar surface area (TPSA) is 18.5 Å². The minimum Gasteiger partial charge on any atom is -0.391 e. The Morgan fingerprint density at radius 1 is 0.704 bits per heavy atom. The first-order valence-corrected chi connectivity index (χ1v) is 10.8. The number of rotatable bonds is 5. The molecule has 0 atom stereocenters. The first-order valence-electron chi connectivity index (χ1n) is 8.97. The number of benzene rings is 4. The Balaban J connectivity index is 1.95. The van der Waals surface area contributed by atoms with Crippen molar-refractivity contribution < 1.29 is 8.85 Å². The molecule has 0 aromatic heterocycles. The molecule has 0 fully saturated rings. The van der Waals surface area contributed by atoms with Crippen LogP contribution in [0.15, 0.2) is 85.4 Å². The second-order valence-corrected chi connectivity index (χ2v) is 9.78. The predicted molar refractivity (Wildman–Crippen MR) is 117 cm³/mol. The highest BCUT2D eigenvalue weighted by atomic mass is 28.4. The van der Waals surface area contributed by atoms with Crippen LogP contribution in [-0.2, 0) is 8.85 Å². The maximum absolute atomic E-state index is 6.08. The van der Waals surface area contributed by atoms with Crippen LogP contribution in [0.25, 0.3) is 27.6 Å². The molecule has 0 saturated carbocycles. The summed E-state index contributed by atoms with van der Waals surface area (Å²) in [5.74, 6) is 0. The fourth-order valence-electron chi connectivity index (χ4n) is 3.77. The summed E-state index contributed by atoms with van der Waals surface area (Å²) in [4.78, 5) is 0. The van der Waals surface area contributed by atoms with Gasteiger partial charge in [0.25, 0.3) is 0 Å². The Bertz CT molecular complexity index is 1110. The first-order chi connectivity index (χ1) is 13.2. The molecule has 4 rings (SSSR count). The van der Waals surface area contributed by atoms with Gasteiger partial charge < -0.3 is 8.85 Å². The van der Waals surface area contributed by atoms with Gasteiger partial charge in [-0.05, 0) is 43.5 Å². The minimum absolute atomic E-state index is 1.08. The molecule has 0 aliphatic heterocycles. The molecule has 3 heteroatoms. The van der Waals surface area contributed by atoms with Gasteiger partial charge in [0, 0.05) is 14.2 Å². The van der Waals surface area contributed by atoms with E-state index in [-0.39, 0.29) is 0 Å². The second kappa shape index (κ2) is 7.12. The van der Waals surface area contributed by atoms with E-state index in [2.05, 4.69) is 85.4 Å². The molecule has 0 bridgehead atoms. The molecule has 0 saturated heterocycles. The van der Waals surface area contributed by atoms with Gasteiger partial charge in [-0.3, -0.25) is 0 Å². The highest BCUT2D eigenvalue weighted by Crippen LogP contribution is 2.25. The van der Waals surface area contributed by atoms with Gasteiger partial charge in [0.05, 0.1) is 0 Å². The molecule has 0 aliphatic rings. The van der Waals surface area contributed by atoms with Crippen molar-refractivity contribution in [2.75, 3.05) is 14.2 Å². The van der Waals surface area contributed by atoms with Crippen LogP contribution >= 0.6 is 0 Å². The van der Waals surface area contributed by atoms with Crippen LogP contribution in [0.1, 0.15) is 5.56 Å². The molecule has 0 aliphatic carbocycles. The van der Waals surface area contributed by atoms with Crippen LogP contribution in [0.4, 0.5) is 0 Å². The SMILES string of the molecule is C=Cc1ccc([Si](OC)(OC)c2ccc3ccc4ccccc4c3c2)cc1. The summed E-state index contributed by atoms with van der Waals surface area (Å²) in [6.07, 6.45) is 1.84. The van der Waals surface area contributed by atoms with Crippen LogP contribution in [-0.4, -0.2) is 22.8 Å². The van der Waals surface area contributed by atoms with E-state index in [9.17, 15) is 0 Å². The van der Waals surface area contributed by atoms with Gasteiger partial charge in [0.1, 0.15) is 0 Å². The highest BCUT2D eigenvalue weighted by molar-refractivity contribution is 6.92. The molecule has 0 radical (unpaired) electrons. The molecule has 0 N–H and O–H groups in total. The number of hydrogen-bond acceptors (Lipinski definition) is 2. The van der Waals surface area contributed by atoms with Crippen LogP contribution < -0.4 is 10.4 Å². The van der Waals surface area contributed by atoms with Crippen molar-refractivity contribution >= 4 is 46.6 Å². The van der Waals surface area contributed by atoms with Gasteiger partial charge in [-0.25, -0.2) is 0 Å². The molecule has 0 spiro atoms. The predicted octanol–water partition coefficient (Wildman–Crippen LogP) is 4.49. The Labute approximate surface area is 160 Å². The van der Waals surface area contributed by atoms with Crippen LogP contribution in [0.3, 0.4) is 0 Å². The summed E-state index contributed by atoms with van der Waals surface area (Å²) in [6.45, 7) is 3.83. The largest absolute Gasteiger partial charge is 0.406 e. The van der Waals surface area contributed by atoms with Crippen molar-refractivity contribution in [2.24, 2.45) is 0 Å². The summed E-state index contributed by atoms with van der Waals surface area (Å²) < 4.78 is 12.2. The third-order valence-corrected chi connectivity index (χ3v) is 8.54. The smallest absolute Gasteiger partial charge is 0.391 e. The lowest BCUT2D eigenvalue weighted by molar-refractivity contribution is 0.273. The van der Waals surface area contributed by atoms with Crippen molar-refractivity contribution in [1.29, 1.82) is 0 Å². The fraction of sp³-hybridized carbons (Fsp3) is 0.0833. The molecular weight excluding hydrogens is 348 g/mol.